The first-order valence-electron chi connectivity index (χ1n) is 11.2. The van der Waals surface area contributed by atoms with Crippen molar-refractivity contribution in [1.82, 2.24) is 18.7 Å². The molecular weight excluding hydrogens is 560 g/mol. The zero-order valence-corrected chi connectivity index (χ0v) is 22.6. The second kappa shape index (κ2) is 10.6. The van der Waals surface area contributed by atoms with Gasteiger partial charge in [0.25, 0.3) is 10.0 Å². The molecule has 7 nitrogen and oxygen atoms in total. The minimum atomic E-state index is -3.80. The summed E-state index contributed by atoms with van der Waals surface area (Å²) in [5.74, 6) is 1.33. The summed E-state index contributed by atoms with van der Waals surface area (Å²) in [4.78, 5) is 0.226. The van der Waals surface area contributed by atoms with E-state index in [-0.39, 0.29) is 4.90 Å². The van der Waals surface area contributed by atoms with Crippen LogP contribution >= 0.6 is 27.7 Å². The Labute approximate surface area is 222 Å². The summed E-state index contributed by atoms with van der Waals surface area (Å²) >= 11 is 5.05. The molecule has 0 fully saturated rings. The summed E-state index contributed by atoms with van der Waals surface area (Å²) in [5.41, 5.74) is 2.45. The lowest BCUT2D eigenvalue weighted by molar-refractivity contribution is 0.185. The molecule has 184 valence electrons. The van der Waals surface area contributed by atoms with Crippen LogP contribution in [0.5, 0.6) is 0 Å². The van der Waals surface area contributed by atoms with E-state index < -0.39 is 10.0 Å². The van der Waals surface area contributed by atoms with Crippen molar-refractivity contribution in [1.29, 1.82) is 0 Å². The Morgan fingerprint density at radius 3 is 2.42 bits per heavy atom. The highest BCUT2D eigenvalue weighted by Gasteiger charge is 2.24. The molecule has 0 saturated heterocycles. The molecule has 0 bridgehead atoms. The summed E-state index contributed by atoms with van der Waals surface area (Å²) in [7, 11) is -2.15. The van der Waals surface area contributed by atoms with Crippen molar-refractivity contribution < 1.29 is 13.2 Å². The number of thioether (sulfide) groups is 1. The van der Waals surface area contributed by atoms with Crippen LogP contribution in [-0.2, 0) is 27.1 Å². The van der Waals surface area contributed by atoms with Gasteiger partial charge in [-0.3, -0.25) is 4.57 Å². The van der Waals surface area contributed by atoms with Gasteiger partial charge in [0.1, 0.15) is 0 Å². The fourth-order valence-electron chi connectivity index (χ4n) is 3.94. The second-order valence-corrected chi connectivity index (χ2v) is 11.7. The van der Waals surface area contributed by atoms with Gasteiger partial charge >= 0.3 is 0 Å². The minimum absolute atomic E-state index is 0.226. The lowest BCUT2D eigenvalue weighted by atomic mass is 10.1. The molecule has 0 aliphatic heterocycles. The largest absolute Gasteiger partial charge is 0.383 e. The van der Waals surface area contributed by atoms with Crippen LogP contribution < -0.4 is 0 Å². The highest BCUT2D eigenvalue weighted by atomic mass is 79.9. The molecule has 10 heteroatoms. The van der Waals surface area contributed by atoms with E-state index in [1.807, 2.05) is 34.9 Å². The van der Waals surface area contributed by atoms with Gasteiger partial charge in [-0.15, -0.1) is 10.2 Å². The van der Waals surface area contributed by atoms with Crippen molar-refractivity contribution >= 4 is 48.6 Å². The molecule has 36 heavy (non-hydrogen) atoms. The average molecular weight is 584 g/mol. The predicted molar refractivity (Wildman–Crippen MR) is 146 cm³/mol. The Hall–Kier alpha value is -2.92. The Balaban J connectivity index is 1.59. The monoisotopic (exact) mass is 582 g/mol. The maximum absolute atomic E-state index is 13.5. The van der Waals surface area contributed by atoms with Gasteiger partial charge in [-0.1, -0.05) is 76.2 Å². The zero-order valence-electron chi connectivity index (χ0n) is 19.4. The number of nitrogens with zero attached hydrogens (tertiary/aromatic N) is 4. The van der Waals surface area contributed by atoms with Gasteiger partial charge < -0.3 is 4.74 Å². The van der Waals surface area contributed by atoms with Crippen LogP contribution in [0.25, 0.3) is 22.3 Å². The zero-order chi connectivity index (χ0) is 25.1. The van der Waals surface area contributed by atoms with Crippen molar-refractivity contribution in [2.24, 2.45) is 0 Å². The Morgan fingerprint density at radius 2 is 1.67 bits per heavy atom. The fourth-order valence-corrected chi connectivity index (χ4v) is 6.52. The Bertz CT molecular complexity index is 1600. The van der Waals surface area contributed by atoms with Gasteiger partial charge in [0.2, 0.25) is 0 Å². The maximum atomic E-state index is 13.5. The van der Waals surface area contributed by atoms with Crippen LogP contribution in [0.3, 0.4) is 0 Å². The van der Waals surface area contributed by atoms with Crippen LogP contribution in [0.2, 0.25) is 0 Å². The first-order chi connectivity index (χ1) is 17.5. The molecule has 0 aliphatic rings. The first-order valence-corrected chi connectivity index (χ1v) is 14.4. The topological polar surface area (TPSA) is 79.0 Å². The molecule has 5 rings (SSSR count). The van der Waals surface area contributed by atoms with Crippen molar-refractivity contribution in [3.05, 3.63) is 95.1 Å². The first kappa shape index (κ1) is 24.8. The number of hydrogen-bond acceptors (Lipinski definition) is 6. The molecule has 2 aromatic heterocycles. The van der Waals surface area contributed by atoms with E-state index >= 15 is 0 Å². The third-order valence-corrected chi connectivity index (χ3v) is 8.99. The van der Waals surface area contributed by atoms with E-state index in [0.717, 1.165) is 26.3 Å². The second-order valence-electron chi connectivity index (χ2n) is 8.04. The average Bonchev–Trinajstić information content (AvgIpc) is 3.49. The van der Waals surface area contributed by atoms with Gasteiger partial charge in [-0.25, -0.2) is 12.4 Å². The quantitative estimate of drug-likeness (QED) is 0.203. The molecule has 0 radical (unpaired) electrons. The molecule has 0 N–H and O–H groups in total. The Kier molecular flexibility index (Phi) is 7.29. The molecule has 0 amide bonds. The van der Waals surface area contributed by atoms with Gasteiger partial charge in [-0.05, 0) is 35.9 Å². The molecule has 0 aliphatic carbocycles. The summed E-state index contributed by atoms with van der Waals surface area (Å²) in [6, 6.07) is 24.0. The number of rotatable bonds is 9. The lowest BCUT2D eigenvalue weighted by Crippen LogP contribution is -2.11. The minimum Gasteiger partial charge on any atom is -0.383 e. The normalized spacial score (nSPS) is 11.8. The number of methoxy groups -OCH3 is 1. The van der Waals surface area contributed by atoms with Crippen LogP contribution in [0, 0.1) is 0 Å². The van der Waals surface area contributed by atoms with E-state index in [1.54, 1.807) is 61.5 Å². The van der Waals surface area contributed by atoms with Crippen molar-refractivity contribution in [2.75, 3.05) is 13.7 Å². The molecule has 5 aromatic rings. The molecule has 0 saturated carbocycles. The predicted octanol–water partition coefficient (Wildman–Crippen LogP) is 5.84. The van der Waals surface area contributed by atoms with E-state index in [0.29, 0.717) is 30.1 Å². The van der Waals surface area contributed by atoms with E-state index in [4.69, 9.17) is 4.74 Å². The van der Waals surface area contributed by atoms with Crippen LogP contribution in [0.4, 0.5) is 0 Å². The van der Waals surface area contributed by atoms with E-state index in [2.05, 4.69) is 38.3 Å². The molecule has 2 heterocycles. The van der Waals surface area contributed by atoms with Gasteiger partial charge in [-0.2, -0.15) is 0 Å². The summed E-state index contributed by atoms with van der Waals surface area (Å²) < 4.78 is 36.8. The van der Waals surface area contributed by atoms with Crippen LogP contribution in [0.15, 0.2) is 99.6 Å². The highest BCUT2D eigenvalue weighted by molar-refractivity contribution is 9.10. The molecule has 3 aromatic carbocycles. The van der Waals surface area contributed by atoms with Crippen LogP contribution in [-0.4, -0.2) is 40.9 Å². The summed E-state index contributed by atoms with van der Waals surface area (Å²) in [6.45, 7) is 1.00. The number of aromatic nitrogens is 4. The third kappa shape index (κ3) is 4.86. The summed E-state index contributed by atoms with van der Waals surface area (Å²) in [5, 5.41) is 10.5. The Morgan fingerprint density at radius 1 is 0.944 bits per heavy atom. The van der Waals surface area contributed by atoms with Crippen molar-refractivity contribution in [3.8, 4) is 11.4 Å². The van der Waals surface area contributed by atoms with Crippen molar-refractivity contribution in [3.63, 3.8) is 0 Å². The maximum Gasteiger partial charge on any atom is 0.268 e. The van der Waals surface area contributed by atoms with Gasteiger partial charge in [0, 0.05) is 34.5 Å². The number of benzene rings is 3. The fraction of sp³-hybridized carbons (Fsp3) is 0.154. The van der Waals surface area contributed by atoms with Crippen LogP contribution in [0.1, 0.15) is 5.56 Å². The SMILES string of the molecule is COCCn1c(SCc2ccc(Br)cc2)nnc1-c1cn(S(=O)(=O)c2ccccc2)c2ccccc12. The standard InChI is InChI=1S/C26H23BrN4O3S2/c1-34-16-15-30-25(28-29-26(30)35-18-19-11-13-20(27)14-12-19)23-17-31(24-10-6-5-9-22(23)24)36(32,33)21-7-3-2-4-8-21/h2-14,17H,15-16,18H2,1H3. The summed E-state index contributed by atoms with van der Waals surface area (Å²) in [6.07, 6.45) is 1.64. The molecule has 0 spiro atoms. The molecular formula is C26H23BrN4O3S2. The van der Waals surface area contributed by atoms with Gasteiger partial charge in [0.15, 0.2) is 11.0 Å². The van der Waals surface area contributed by atoms with E-state index in [1.165, 1.54) is 3.97 Å². The van der Waals surface area contributed by atoms with Gasteiger partial charge in [0.05, 0.1) is 23.6 Å². The number of para-hydroxylation sites is 1. The molecule has 0 atom stereocenters. The molecule has 0 unspecified atom stereocenters. The van der Waals surface area contributed by atoms with E-state index in [9.17, 15) is 8.42 Å². The third-order valence-electron chi connectivity index (χ3n) is 5.74. The number of fused-ring (bicyclic) bond motifs is 1. The van der Waals surface area contributed by atoms with Crippen molar-refractivity contribution in [2.45, 2.75) is 22.3 Å². The smallest absolute Gasteiger partial charge is 0.268 e. The lowest BCUT2D eigenvalue weighted by Gasteiger charge is -2.09. The highest BCUT2D eigenvalue weighted by Crippen LogP contribution is 2.34. The number of ether oxygens (including phenoxy) is 1. The number of hydrogen-bond donors (Lipinski definition) is 0. The number of halogens is 1.